The van der Waals surface area contributed by atoms with Gasteiger partial charge < -0.3 is 4.18 Å². The molecule has 0 amide bonds. The number of alkyl halides is 9. The Morgan fingerprint density at radius 3 is 1.34 bits per heavy atom. The Balaban J connectivity index is 0.985. The van der Waals surface area contributed by atoms with E-state index in [1.807, 2.05) is 0 Å². The number of benzene rings is 6. The molecule has 1 N–H and O–H groups in total. The van der Waals surface area contributed by atoms with Crippen molar-refractivity contribution in [2.45, 2.75) is 64.1 Å². The van der Waals surface area contributed by atoms with Crippen molar-refractivity contribution < 1.29 is 65.1 Å². The molecule has 0 saturated heterocycles. The maximum atomic E-state index is 14.7. The van der Waals surface area contributed by atoms with Crippen molar-refractivity contribution in [1.82, 2.24) is 39.1 Å². The lowest BCUT2D eigenvalue weighted by Crippen LogP contribution is -2.37. The SMILES string of the molecule is O=c1c2nn(-c3ccc(OS(=O)(=O)C(CC(F)(F)F)C(CCS(=O)(=O)O)c4ccc(-n5nc6c(=O)n(Cc7ccc(SC(F)(F)F)cc7)nc-6cc5-c5ccc(Cl)cc5Cl)cc4)cc3)c(-c3ccc(Cl)cc3Cl)cc-2nn1Cc1ccc(SC(F)(F)F)cc1. The lowest BCUT2D eigenvalue weighted by atomic mass is 9.91. The van der Waals surface area contributed by atoms with Crippen molar-refractivity contribution in [3.8, 4) is 62.4 Å². The molecular weight excluding hydrogens is 1350 g/mol. The van der Waals surface area contributed by atoms with Crippen LogP contribution >= 0.6 is 69.9 Å². The van der Waals surface area contributed by atoms with Crippen molar-refractivity contribution in [3.05, 3.63) is 203 Å². The van der Waals surface area contributed by atoms with E-state index < -0.39 is 84.1 Å². The topological polar surface area (TPSA) is 203 Å². The third-order valence-corrected chi connectivity index (χ3v) is 18.4. The first-order valence-electron chi connectivity index (χ1n) is 25.5. The molecule has 0 saturated carbocycles. The summed E-state index contributed by atoms with van der Waals surface area (Å²) in [4.78, 5) is 27.5. The Labute approximate surface area is 526 Å². The molecule has 4 aliphatic heterocycles. The molecule has 0 aromatic heterocycles. The van der Waals surface area contributed by atoms with Crippen LogP contribution in [0.25, 0.3) is 56.7 Å². The molecule has 6 aromatic rings. The smallest absolute Gasteiger partial charge is 0.382 e. The van der Waals surface area contributed by atoms with E-state index in [4.69, 9.17) is 50.6 Å². The predicted octanol–water partition coefficient (Wildman–Crippen LogP) is 14.7. The van der Waals surface area contributed by atoms with E-state index >= 15 is 0 Å². The first-order chi connectivity index (χ1) is 41.7. The van der Waals surface area contributed by atoms with Crippen molar-refractivity contribution in [1.29, 1.82) is 0 Å². The van der Waals surface area contributed by atoms with Crippen LogP contribution in [0.15, 0.2) is 165 Å². The fourth-order valence-corrected chi connectivity index (χ4v) is 13.8. The highest BCUT2D eigenvalue weighted by atomic mass is 35.5. The summed E-state index contributed by atoms with van der Waals surface area (Å²) in [5.41, 5.74) is -9.11. The van der Waals surface area contributed by atoms with Crippen LogP contribution in [0.2, 0.25) is 20.1 Å². The molecule has 2 atom stereocenters. The number of halogens is 13. The molecule has 464 valence electrons. The summed E-state index contributed by atoms with van der Waals surface area (Å²) in [5.74, 6) is -3.64. The van der Waals surface area contributed by atoms with Gasteiger partial charge in [-0.2, -0.15) is 76.7 Å². The highest BCUT2D eigenvalue weighted by Crippen LogP contribution is 2.42. The zero-order valence-electron chi connectivity index (χ0n) is 44.5. The maximum absolute atomic E-state index is 14.7. The summed E-state index contributed by atoms with van der Waals surface area (Å²) in [5, 5.41) is 16.0. The summed E-state index contributed by atoms with van der Waals surface area (Å²) in [7, 11) is -10.5. The Morgan fingerprint density at radius 1 is 0.539 bits per heavy atom. The average molecular weight is 1390 g/mol. The third-order valence-electron chi connectivity index (χ3n) is 13.4. The molecule has 6 aromatic carbocycles. The molecule has 89 heavy (non-hydrogen) atoms. The summed E-state index contributed by atoms with van der Waals surface area (Å²) < 4.78 is 195. The third kappa shape index (κ3) is 15.7. The number of aromatic nitrogens is 8. The highest BCUT2D eigenvalue weighted by molar-refractivity contribution is 8.00. The molecule has 4 aliphatic rings. The van der Waals surface area contributed by atoms with Gasteiger partial charge in [-0.1, -0.05) is 82.8 Å². The van der Waals surface area contributed by atoms with Crippen LogP contribution in [0.5, 0.6) is 5.75 Å². The molecule has 4 heterocycles. The molecular formula is C56H37Cl4F9N8O8S4. The van der Waals surface area contributed by atoms with Crippen LogP contribution in [0, 0.1) is 0 Å². The molecule has 0 aliphatic carbocycles. The van der Waals surface area contributed by atoms with Crippen molar-refractivity contribution in [2.24, 2.45) is 0 Å². The van der Waals surface area contributed by atoms with Crippen LogP contribution in [0.3, 0.4) is 0 Å². The van der Waals surface area contributed by atoms with E-state index in [1.54, 1.807) is 0 Å². The Hall–Kier alpha value is -7.09. The fraction of sp³-hybridized carbons (Fsp3) is 0.179. The predicted molar refractivity (Wildman–Crippen MR) is 318 cm³/mol. The van der Waals surface area contributed by atoms with Gasteiger partial charge in [0.05, 0.1) is 58.1 Å². The molecule has 0 radical (unpaired) electrons. The number of fused-ring (bicyclic) bond motifs is 2. The molecule has 2 unspecified atom stereocenters. The highest BCUT2D eigenvalue weighted by Gasteiger charge is 2.45. The van der Waals surface area contributed by atoms with E-state index in [0.717, 1.165) is 21.5 Å². The van der Waals surface area contributed by atoms with Gasteiger partial charge in [0.2, 0.25) is 0 Å². The normalized spacial score (nSPS) is 13.3. The zero-order chi connectivity index (χ0) is 64.1. The average Bonchev–Trinajstić information content (AvgIpc) is 1.86. The molecule has 10 rings (SSSR count). The number of nitrogens with zero attached hydrogens (tertiary/aromatic N) is 8. The first kappa shape index (κ1) is 64.9. The lowest BCUT2D eigenvalue weighted by Gasteiger charge is -2.28. The molecule has 0 bridgehead atoms. The summed E-state index contributed by atoms with van der Waals surface area (Å²) in [6, 6.07) is 31.8. The molecule has 16 nitrogen and oxygen atoms in total. The van der Waals surface area contributed by atoms with Crippen LogP contribution in [-0.4, -0.2) is 88.7 Å². The van der Waals surface area contributed by atoms with Crippen molar-refractivity contribution in [3.63, 3.8) is 0 Å². The zero-order valence-corrected chi connectivity index (χ0v) is 50.8. The second kappa shape index (κ2) is 25.3. The minimum Gasteiger partial charge on any atom is -0.382 e. The number of thioether (sulfide) groups is 2. The van der Waals surface area contributed by atoms with E-state index in [9.17, 15) is 70.5 Å². The van der Waals surface area contributed by atoms with Gasteiger partial charge in [0.25, 0.3) is 21.2 Å². The second-order valence-electron chi connectivity index (χ2n) is 19.6. The van der Waals surface area contributed by atoms with Gasteiger partial charge in [-0.05, 0) is 156 Å². The van der Waals surface area contributed by atoms with Gasteiger partial charge in [-0.3, -0.25) is 14.1 Å². The summed E-state index contributed by atoms with van der Waals surface area (Å²) in [6.07, 6.45) is -8.24. The fourth-order valence-electron chi connectivity index (χ4n) is 9.52. The first-order valence-corrected chi connectivity index (χ1v) is 31.7. The largest absolute Gasteiger partial charge is 0.446 e. The van der Waals surface area contributed by atoms with E-state index in [-0.39, 0.29) is 123 Å². The van der Waals surface area contributed by atoms with Crippen LogP contribution in [0.4, 0.5) is 39.5 Å². The van der Waals surface area contributed by atoms with Gasteiger partial charge in [-0.25, -0.2) is 18.7 Å². The Morgan fingerprint density at radius 2 is 0.955 bits per heavy atom. The van der Waals surface area contributed by atoms with Gasteiger partial charge in [0, 0.05) is 36.9 Å². The molecule has 0 spiro atoms. The van der Waals surface area contributed by atoms with Gasteiger partial charge >= 0.3 is 27.3 Å². The standard InChI is InChI=1S/C56H37Cl4F9N8O8S4/c57-33-7-19-41(43(59)23-33)47-25-45-50(52(78)74(70-45)28-30-1-15-38(16-2-30)86-55(64,65)66)72-76(47)35-9-5-32(6-10-35)40(21-22-88(80,81)82)49(27-54(61,62)63)89(83,84)85-37-13-11-36(12-14-37)77-48(42-20-8-34(58)24-44(42)60)26-46-51(73-77)53(79)75(71-46)29-31-3-17-39(18-4-31)87-56(67,68)69/h1-20,23-26,40,49H,21-22,27-29H2,(H,80,81,82). The van der Waals surface area contributed by atoms with Crippen molar-refractivity contribution >= 4 is 90.2 Å². The number of hydrogen-bond acceptors (Lipinski definition) is 13. The maximum Gasteiger partial charge on any atom is 0.446 e. The lowest BCUT2D eigenvalue weighted by molar-refractivity contribution is -0.135. The van der Waals surface area contributed by atoms with Crippen LogP contribution < -0.4 is 15.3 Å². The Bertz CT molecular complexity index is 4570. The number of rotatable bonds is 19. The Kier molecular flexibility index (Phi) is 18.4. The van der Waals surface area contributed by atoms with E-state index in [0.29, 0.717) is 16.7 Å². The molecule has 0 fully saturated rings. The van der Waals surface area contributed by atoms with Crippen LogP contribution in [-0.2, 0) is 33.3 Å². The summed E-state index contributed by atoms with van der Waals surface area (Å²) >= 11 is 25.1. The van der Waals surface area contributed by atoms with E-state index in [2.05, 4.69) is 20.4 Å². The molecule has 33 heteroatoms. The monoisotopic (exact) mass is 1390 g/mol. The van der Waals surface area contributed by atoms with Gasteiger partial charge in [0.1, 0.15) is 22.4 Å². The summed E-state index contributed by atoms with van der Waals surface area (Å²) in [6.45, 7) is -0.380. The van der Waals surface area contributed by atoms with Crippen LogP contribution in [0.1, 0.15) is 35.4 Å². The van der Waals surface area contributed by atoms with E-state index in [1.165, 1.54) is 143 Å². The minimum atomic E-state index is -5.49. The second-order valence-corrected chi connectivity index (χ2v) is 26.9. The van der Waals surface area contributed by atoms with Gasteiger partial charge in [-0.15, -0.1) is 0 Å². The van der Waals surface area contributed by atoms with Gasteiger partial charge in [0.15, 0.2) is 11.4 Å². The van der Waals surface area contributed by atoms with Crippen molar-refractivity contribution in [2.75, 3.05) is 5.75 Å². The quantitative estimate of drug-likeness (QED) is 0.0346. The number of hydrogen-bond donors (Lipinski definition) is 1. The minimum absolute atomic E-state index is 0.0370.